The van der Waals surface area contributed by atoms with Crippen molar-refractivity contribution in [2.45, 2.75) is 31.0 Å². The Bertz CT molecular complexity index is 487. The molecule has 2 rings (SSSR count). The van der Waals surface area contributed by atoms with Crippen LogP contribution in [0.5, 0.6) is 0 Å². The summed E-state index contributed by atoms with van der Waals surface area (Å²) in [7, 11) is 0. The summed E-state index contributed by atoms with van der Waals surface area (Å²) in [5.74, 6) is -0.0305. The monoisotopic (exact) mass is 292 g/mol. The number of benzene rings is 2. The van der Waals surface area contributed by atoms with Gasteiger partial charge in [0.1, 0.15) is 4.33 Å². The number of alkyl halides is 2. The van der Waals surface area contributed by atoms with E-state index in [1.54, 1.807) is 0 Å². The molecule has 0 fully saturated rings. The standard InChI is InChI=1S/C17H18Cl2/c1-12-4-8-14(9-5-12)16(17(3,18)19)15-10-6-13(2)7-11-15/h4-11,16H,1-3H3. The first-order valence-corrected chi connectivity index (χ1v) is 7.14. The van der Waals surface area contributed by atoms with Gasteiger partial charge in [-0.15, -0.1) is 23.2 Å². The van der Waals surface area contributed by atoms with Gasteiger partial charge in [0.25, 0.3) is 0 Å². The molecule has 0 spiro atoms. The third-order valence-corrected chi connectivity index (χ3v) is 3.76. The minimum atomic E-state index is -0.843. The Kier molecular flexibility index (Phi) is 4.23. The van der Waals surface area contributed by atoms with Crippen LogP contribution in [0.15, 0.2) is 48.5 Å². The zero-order chi connectivity index (χ0) is 14.0. The summed E-state index contributed by atoms with van der Waals surface area (Å²) in [5.41, 5.74) is 4.75. The van der Waals surface area contributed by atoms with Crippen molar-refractivity contribution >= 4 is 23.2 Å². The lowest BCUT2D eigenvalue weighted by Gasteiger charge is -2.27. The van der Waals surface area contributed by atoms with Gasteiger partial charge in [0, 0.05) is 5.92 Å². The van der Waals surface area contributed by atoms with Gasteiger partial charge in [0.05, 0.1) is 0 Å². The normalized spacial score (nSPS) is 11.9. The number of halogens is 2. The van der Waals surface area contributed by atoms with Gasteiger partial charge in [0.2, 0.25) is 0 Å². The van der Waals surface area contributed by atoms with Crippen molar-refractivity contribution < 1.29 is 0 Å². The molecule has 0 aliphatic rings. The molecular formula is C17H18Cl2. The summed E-state index contributed by atoms with van der Waals surface area (Å²) in [6, 6.07) is 16.8. The van der Waals surface area contributed by atoms with Gasteiger partial charge in [-0.2, -0.15) is 0 Å². The average molecular weight is 293 g/mol. The van der Waals surface area contributed by atoms with Gasteiger partial charge < -0.3 is 0 Å². The Morgan fingerprint density at radius 1 is 0.737 bits per heavy atom. The fourth-order valence-electron chi connectivity index (χ4n) is 2.30. The quantitative estimate of drug-likeness (QED) is 0.643. The van der Waals surface area contributed by atoms with E-state index in [0.717, 1.165) is 11.1 Å². The van der Waals surface area contributed by atoms with Crippen molar-refractivity contribution in [3.63, 3.8) is 0 Å². The minimum Gasteiger partial charge on any atom is -0.101 e. The molecule has 2 heteroatoms. The zero-order valence-corrected chi connectivity index (χ0v) is 13.0. The van der Waals surface area contributed by atoms with Crippen LogP contribution in [-0.2, 0) is 0 Å². The summed E-state index contributed by atoms with van der Waals surface area (Å²) in [6.07, 6.45) is 0. The van der Waals surface area contributed by atoms with Crippen LogP contribution in [0.1, 0.15) is 35.1 Å². The highest BCUT2D eigenvalue weighted by molar-refractivity contribution is 6.48. The van der Waals surface area contributed by atoms with E-state index in [1.165, 1.54) is 11.1 Å². The predicted molar refractivity (Wildman–Crippen MR) is 84.3 cm³/mol. The number of hydrogen-bond acceptors (Lipinski definition) is 0. The van der Waals surface area contributed by atoms with E-state index in [0.29, 0.717) is 0 Å². The van der Waals surface area contributed by atoms with E-state index in [1.807, 2.05) is 6.92 Å². The van der Waals surface area contributed by atoms with Gasteiger partial charge in [-0.25, -0.2) is 0 Å². The maximum absolute atomic E-state index is 6.41. The van der Waals surface area contributed by atoms with E-state index in [2.05, 4.69) is 62.4 Å². The number of aryl methyl sites for hydroxylation is 2. The van der Waals surface area contributed by atoms with Gasteiger partial charge in [-0.1, -0.05) is 59.7 Å². The average Bonchev–Trinajstić information content (AvgIpc) is 2.33. The molecule has 0 saturated carbocycles. The summed E-state index contributed by atoms with van der Waals surface area (Å²) in [4.78, 5) is 0. The first kappa shape index (κ1) is 14.4. The van der Waals surface area contributed by atoms with Crippen LogP contribution in [0.2, 0.25) is 0 Å². The van der Waals surface area contributed by atoms with E-state index in [9.17, 15) is 0 Å². The molecular weight excluding hydrogens is 275 g/mol. The van der Waals surface area contributed by atoms with Crippen LogP contribution in [0, 0.1) is 13.8 Å². The van der Waals surface area contributed by atoms with Crippen molar-refractivity contribution in [2.75, 3.05) is 0 Å². The lowest BCUT2D eigenvalue weighted by Crippen LogP contribution is -2.21. The van der Waals surface area contributed by atoms with Crippen LogP contribution in [0.25, 0.3) is 0 Å². The number of rotatable bonds is 3. The molecule has 0 bridgehead atoms. The van der Waals surface area contributed by atoms with Crippen molar-refractivity contribution in [2.24, 2.45) is 0 Å². The molecule has 0 N–H and O–H groups in total. The second-order valence-corrected chi connectivity index (χ2v) is 6.97. The topological polar surface area (TPSA) is 0 Å². The molecule has 0 amide bonds. The Balaban J connectivity index is 2.47. The zero-order valence-electron chi connectivity index (χ0n) is 11.5. The number of hydrogen-bond donors (Lipinski definition) is 0. The van der Waals surface area contributed by atoms with Crippen LogP contribution in [0.3, 0.4) is 0 Å². The fraction of sp³-hybridized carbons (Fsp3) is 0.294. The van der Waals surface area contributed by atoms with Gasteiger partial charge in [-0.3, -0.25) is 0 Å². The van der Waals surface area contributed by atoms with Crippen LogP contribution in [-0.4, -0.2) is 4.33 Å². The highest BCUT2D eigenvalue weighted by Gasteiger charge is 2.32. The van der Waals surface area contributed by atoms with E-state index >= 15 is 0 Å². The second-order valence-electron chi connectivity index (χ2n) is 5.21. The van der Waals surface area contributed by atoms with Crippen LogP contribution >= 0.6 is 23.2 Å². The first-order chi connectivity index (χ1) is 8.88. The van der Waals surface area contributed by atoms with Gasteiger partial charge >= 0.3 is 0 Å². The summed E-state index contributed by atoms with van der Waals surface area (Å²) >= 11 is 12.8. The maximum Gasteiger partial charge on any atom is 0.126 e. The molecule has 19 heavy (non-hydrogen) atoms. The van der Waals surface area contributed by atoms with Crippen molar-refractivity contribution in [1.82, 2.24) is 0 Å². The van der Waals surface area contributed by atoms with E-state index < -0.39 is 4.33 Å². The third kappa shape index (κ3) is 3.52. The Hall–Kier alpha value is -0.980. The molecule has 2 aromatic carbocycles. The minimum absolute atomic E-state index is 0.0305. The third-order valence-electron chi connectivity index (χ3n) is 3.33. The maximum atomic E-state index is 6.41. The van der Waals surface area contributed by atoms with Gasteiger partial charge in [-0.05, 0) is 31.9 Å². The van der Waals surface area contributed by atoms with Gasteiger partial charge in [0.15, 0.2) is 0 Å². The van der Waals surface area contributed by atoms with Crippen LogP contribution in [0.4, 0.5) is 0 Å². The first-order valence-electron chi connectivity index (χ1n) is 6.39. The Labute approximate surface area is 125 Å². The summed E-state index contributed by atoms with van der Waals surface area (Å²) in [6.45, 7) is 6.00. The van der Waals surface area contributed by atoms with Crippen molar-refractivity contribution in [3.8, 4) is 0 Å². The molecule has 0 radical (unpaired) electrons. The molecule has 2 aromatic rings. The lowest BCUT2D eigenvalue weighted by molar-refractivity contribution is 0.726. The van der Waals surface area contributed by atoms with Crippen molar-refractivity contribution in [1.29, 1.82) is 0 Å². The molecule has 0 heterocycles. The lowest BCUT2D eigenvalue weighted by atomic mass is 9.87. The molecule has 0 nitrogen and oxygen atoms in total. The summed E-state index contributed by atoms with van der Waals surface area (Å²) in [5, 5.41) is 0. The fourth-order valence-corrected chi connectivity index (χ4v) is 2.80. The van der Waals surface area contributed by atoms with E-state index in [-0.39, 0.29) is 5.92 Å². The summed E-state index contributed by atoms with van der Waals surface area (Å²) < 4.78 is -0.843. The molecule has 0 aliphatic heterocycles. The second kappa shape index (κ2) is 5.56. The molecule has 100 valence electrons. The SMILES string of the molecule is Cc1ccc(C(c2ccc(C)cc2)C(C)(Cl)Cl)cc1. The Morgan fingerprint density at radius 3 is 1.32 bits per heavy atom. The smallest absolute Gasteiger partial charge is 0.101 e. The molecule has 0 aromatic heterocycles. The Morgan fingerprint density at radius 2 is 1.05 bits per heavy atom. The largest absolute Gasteiger partial charge is 0.126 e. The molecule has 0 unspecified atom stereocenters. The van der Waals surface area contributed by atoms with E-state index in [4.69, 9.17) is 23.2 Å². The molecule has 0 atom stereocenters. The highest BCUT2D eigenvalue weighted by atomic mass is 35.5. The molecule has 0 aliphatic carbocycles. The molecule has 0 saturated heterocycles. The highest BCUT2D eigenvalue weighted by Crippen LogP contribution is 2.42. The van der Waals surface area contributed by atoms with Crippen LogP contribution < -0.4 is 0 Å². The van der Waals surface area contributed by atoms with Crippen molar-refractivity contribution in [3.05, 3.63) is 70.8 Å². The predicted octanol–water partition coefficient (Wildman–Crippen LogP) is 5.63.